The molecule has 0 saturated carbocycles. The molecule has 10 heteroatoms. The molecule has 3 aromatic heterocycles. The van der Waals surface area contributed by atoms with Gasteiger partial charge in [-0.2, -0.15) is 0 Å². The van der Waals surface area contributed by atoms with Gasteiger partial charge in [-0.25, -0.2) is 9.50 Å². The van der Waals surface area contributed by atoms with Crippen molar-refractivity contribution in [2.75, 3.05) is 31.2 Å². The van der Waals surface area contributed by atoms with E-state index in [0.717, 1.165) is 25.9 Å². The smallest absolute Gasteiger partial charge is 0.263 e. The van der Waals surface area contributed by atoms with E-state index in [1.54, 1.807) is 18.5 Å². The molecule has 3 N–H and O–H groups in total. The first-order valence-corrected chi connectivity index (χ1v) is 9.29. The minimum absolute atomic E-state index is 0.0638. The highest BCUT2D eigenvalue weighted by Crippen LogP contribution is 2.28. The monoisotopic (exact) mass is 401 g/mol. The highest BCUT2D eigenvalue weighted by Gasteiger charge is 2.23. The largest absolute Gasteiger partial charge is 0.488 e. The van der Waals surface area contributed by atoms with Gasteiger partial charge < -0.3 is 20.7 Å². The summed E-state index contributed by atoms with van der Waals surface area (Å²) in [5.74, 6) is 0.196. The number of pyridine rings is 1. The Bertz CT molecular complexity index is 1010. The Balaban J connectivity index is 1.56. The van der Waals surface area contributed by atoms with E-state index in [9.17, 15) is 4.79 Å². The zero-order valence-electron chi connectivity index (χ0n) is 15.3. The highest BCUT2D eigenvalue weighted by atomic mass is 35.5. The van der Waals surface area contributed by atoms with Crippen molar-refractivity contribution in [1.82, 2.24) is 24.5 Å². The van der Waals surface area contributed by atoms with E-state index in [2.05, 4.69) is 32.3 Å². The predicted octanol–water partition coefficient (Wildman–Crippen LogP) is 2.09. The number of nitrogens with zero attached hydrogens (tertiary/aromatic N) is 5. The molecule has 4 rings (SSSR count). The number of nitrogens with one attached hydrogen (secondary N) is 1. The molecule has 1 aliphatic heterocycles. The maximum atomic E-state index is 12.9. The van der Waals surface area contributed by atoms with Gasteiger partial charge in [0.05, 0.1) is 17.4 Å². The van der Waals surface area contributed by atoms with Crippen LogP contribution in [0.3, 0.4) is 0 Å². The second-order valence-electron chi connectivity index (χ2n) is 6.75. The summed E-state index contributed by atoms with van der Waals surface area (Å²) in [6.45, 7) is 1.95. The quantitative estimate of drug-likeness (QED) is 0.688. The summed E-state index contributed by atoms with van der Waals surface area (Å²) in [4.78, 5) is 23.4. The van der Waals surface area contributed by atoms with E-state index in [-0.39, 0.29) is 17.5 Å². The first kappa shape index (κ1) is 18.5. The zero-order valence-corrected chi connectivity index (χ0v) is 16.1. The number of carbonyl (C=O) groups excluding carboxylic acids is 1. The van der Waals surface area contributed by atoms with Crippen LogP contribution < -0.4 is 15.8 Å². The van der Waals surface area contributed by atoms with Crippen LogP contribution in [0.2, 0.25) is 5.02 Å². The predicted molar refractivity (Wildman–Crippen MR) is 106 cm³/mol. The molecule has 1 aliphatic rings. The van der Waals surface area contributed by atoms with Crippen molar-refractivity contribution in [3.05, 3.63) is 41.4 Å². The van der Waals surface area contributed by atoms with Crippen LogP contribution >= 0.6 is 11.6 Å². The molecule has 1 saturated heterocycles. The first-order valence-electron chi connectivity index (χ1n) is 8.91. The number of ether oxygens (including phenoxy) is 1. The van der Waals surface area contributed by atoms with Crippen molar-refractivity contribution in [1.29, 1.82) is 0 Å². The number of likely N-dealkylation sites (tertiary alicyclic amines) is 1. The van der Waals surface area contributed by atoms with Gasteiger partial charge in [0.25, 0.3) is 5.91 Å². The van der Waals surface area contributed by atoms with Crippen LogP contribution in [0.1, 0.15) is 23.2 Å². The number of rotatable bonds is 4. The summed E-state index contributed by atoms with van der Waals surface area (Å²) in [5, 5.41) is 7.30. The summed E-state index contributed by atoms with van der Waals surface area (Å²) in [5.41, 5.74) is 6.89. The number of nitrogens with two attached hydrogens (primary N) is 1. The number of carbonyl (C=O) groups is 1. The third kappa shape index (κ3) is 3.71. The Morgan fingerprint density at radius 1 is 1.36 bits per heavy atom. The Hall–Kier alpha value is -2.91. The molecule has 1 amide bonds. The number of piperidine rings is 1. The van der Waals surface area contributed by atoms with Crippen molar-refractivity contribution < 1.29 is 9.53 Å². The first-order chi connectivity index (χ1) is 13.5. The highest BCUT2D eigenvalue weighted by molar-refractivity contribution is 6.30. The van der Waals surface area contributed by atoms with E-state index in [0.29, 0.717) is 22.1 Å². The average molecular weight is 402 g/mol. The number of hydrogen-bond donors (Lipinski definition) is 2. The fraction of sp³-hybridized carbons (Fsp3) is 0.333. The van der Waals surface area contributed by atoms with E-state index < -0.39 is 5.91 Å². The second kappa shape index (κ2) is 7.61. The fourth-order valence-corrected chi connectivity index (χ4v) is 3.33. The Morgan fingerprint density at radius 2 is 2.14 bits per heavy atom. The van der Waals surface area contributed by atoms with E-state index >= 15 is 0 Å². The molecular formula is C18H20ClN7O2. The molecule has 1 fully saturated rings. The van der Waals surface area contributed by atoms with Crippen LogP contribution in [0, 0.1) is 0 Å². The normalized spacial score (nSPS) is 15.6. The lowest BCUT2D eigenvalue weighted by molar-refractivity contribution is 0.102. The molecule has 28 heavy (non-hydrogen) atoms. The topological polar surface area (TPSA) is 111 Å². The zero-order chi connectivity index (χ0) is 19.7. The summed E-state index contributed by atoms with van der Waals surface area (Å²) in [7, 11) is 2.09. The average Bonchev–Trinajstić information content (AvgIpc) is 3.00. The molecule has 0 bridgehead atoms. The van der Waals surface area contributed by atoms with Crippen molar-refractivity contribution in [2.45, 2.75) is 18.9 Å². The van der Waals surface area contributed by atoms with E-state index in [4.69, 9.17) is 22.1 Å². The number of anilines is 2. The second-order valence-corrected chi connectivity index (χ2v) is 7.18. The molecule has 0 atom stereocenters. The lowest BCUT2D eigenvalue weighted by atomic mass is 10.1. The summed E-state index contributed by atoms with van der Waals surface area (Å²) in [6.07, 6.45) is 8.11. The molecule has 0 aliphatic carbocycles. The SMILES string of the molecule is CN1CCC(Oc2ccncc2NC(=O)c2c(N)nn3cc(Cl)cnc23)CC1. The Kier molecular flexibility index (Phi) is 5.01. The van der Waals surface area contributed by atoms with Gasteiger partial charge in [-0.15, -0.1) is 5.10 Å². The lowest BCUT2D eigenvalue weighted by Gasteiger charge is -2.29. The van der Waals surface area contributed by atoms with Crippen LogP contribution in [0.25, 0.3) is 5.65 Å². The van der Waals surface area contributed by atoms with Gasteiger partial charge in [0, 0.05) is 31.5 Å². The maximum absolute atomic E-state index is 12.9. The van der Waals surface area contributed by atoms with Crippen LogP contribution in [0.4, 0.5) is 11.5 Å². The summed E-state index contributed by atoms with van der Waals surface area (Å²) < 4.78 is 7.50. The number of hydrogen-bond acceptors (Lipinski definition) is 7. The molecule has 0 aromatic carbocycles. The van der Waals surface area contributed by atoms with Gasteiger partial charge in [0.1, 0.15) is 23.1 Å². The van der Waals surface area contributed by atoms with Gasteiger partial charge in [-0.05, 0) is 19.9 Å². The van der Waals surface area contributed by atoms with Gasteiger partial charge in [0.15, 0.2) is 11.5 Å². The van der Waals surface area contributed by atoms with Crippen molar-refractivity contribution in [2.24, 2.45) is 0 Å². The molecule has 0 spiro atoms. The Morgan fingerprint density at radius 3 is 2.93 bits per heavy atom. The molecule has 146 valence electrons. The third-order valence-corrected chi connectivity index (χ3v) is 4.88. The number of nitrogen functional groups attached to an aromatic ring is 1. The lowest BCUT2D eigenvalue weighted by Crippen LogP contribution is -2.35. The molecule has 4 heterocycles. The van der Waals surface area contributed by atoms with Crippen LogP contribution in [0.15, 0.2) is 30.9 Å². The van der Waals surface area contributed by atoms with E-state index in [1.165, 1.54) is 16.9 Å². The number of fused-ring (bicyclic) bond motifs is 1. The molecule has 0 unspecified atom stereocenters. The minimum atomic E-state index is -0.441. The summed E-state index contributed by atoms with van der Waals surface area (Å²) in [6, 6.07) is 1.74. The van der Waals surface area contributed by atoms with Gasteiger partial charge in [-0.3, -0.25) is 9.78 Å². The molecule has 0 radical (unpaired) electrons. The number of halogens is 1. The van der Waals surface area contributed by atoms with Gasteiger partial charge >= 0.3 is 0 Å². The van der Waals surface area contributed by atoms with Crippen LogP contribution in [0.5, 0.6) is 5.75 Å². The van der Waals surface area contributed by atoms with Gasteiger partial charge in [-0.1, -0.05) is 11.6 Å². The summed E-state index contributed by atoms with van der Waals surface area (Å²) >= 11 is 5.92. The maximum Gasteiger partial charge on any atom is 0.263 e. The minimum Gasteiger partial charge on any atom is -0.488 e. The van der Waals surface area contributed by atoms with Crippen molar-refractivity contribution >= 4 is 34.7 Å². The van der Waals surface area contributed by atoms with Crippen LogP contribution in [-0.2, 0) is 0 Å². The van der Waals surface area contributed by atoms with Crippen LogP contribution in [-0.4, -0.2) is 56.6 Å². The standard InChI is InChI=1S/C18H20ClN7O2/c1-25-6-3-12(4-7-25)28-14-2-5-21-9-13(14)23-18(27)15-16(20)24-26-10-11(19)8-22-17(15)26/h2,5,8-10,12H,3-4,6-7H2,1H3,(H2,20,24)(H,23,27). The number of aromatic nitrogens is 4. The molecule has 9 nitrogen and oxygen atoms in total. The Labute approximate surface area is 166 Å². The van der Waals surface area contributed by atoms with Crippen molar-refractivity contribution in [3.63, 3.8) is 0 Å². The third-order valence-electron chi connectivity index (χ3n) is 4.68. The van der Waals surface area contributed by atoms with Crippen molar-refractivity contribution in [3.8, 4) is 5.75 Å². The van der Waals surface area contributed by atoms with Gasteiger partial charge in [0.2, 0.25) is 0 Å². The van der Waals surface area contributed by atoms with E-state index in [1.807, 2.05) is 0 Å². The fourth-order valence-electron chi connectivity index (χ4n) is 3.19. The molecule has 3 aromatic rings. The number of amides is 1. The molecular weight excluding hydrogens is 382 g/mol.